The second-order valence-corrected chi connectivity index (χ2v) is 21.2. The van der Waals surface area contributed by atoms with E-state index in [0.29, 0.717) is 11.5 Å². The Bertz CT molecular complexity index is 5500. The number of carbonyl (C=O) groups is 2. The molecule has 18 aromatic rings. The van der Waals surface area contributed by atoms with Crippen molar-refractivity contribution in [3.63, 3.8) is 0 Å². The molecule has 17 heteroatoms. The van der Waals surface area contributed by atoms with Crippen LogP contribution in [0.4, 0.5) is 0 Å². The van der Waals surface area contributed by atoms with Crippen molar-refractivity contribution in [2.75, 3.05) is 0 Å². The fourth-order valence-electron chi connectivity index (χ4n) is 12.0. The maximum absolute atomic E-state index is 9.00. The van der Waals surface area contributed by atoms with E-state index in [1.807, 2.05) is 134 Å². The average molecular weight is 1380 g/mol. The van der Waals surface area contributed by atoms with Crippen LogP contribution >= 0.6 is 0 Å². The molecule has 0 bridgehead atoms. The van der Waals surface area contributed by atoms with Crippen LogP contribution in [0.1, 0.15) is 13.8 Å². The fourth-order valence-corrected chi connectivity index (χ4v) is 12.0. The Labute approximate surface area is 551 Å². The number of nitrogens with zero attached hydrogens (tertiary/aromatic N) is 9. The van der Waals surface area contributed by atoms with Gasteiger partial charge in [-0.2, -0.15) is 30.3 Å². The monoisotopic (exact) mass is 1380 g/mol. The van der Waals surface area contributed by atoms with Crippen molar-refractivity contribution in [1.82, 2.24) is 42.9 Å². The van der Waals surface area contributed by atoms with Crippen LogP contribution in [0.15, 0.2) is 243 Å². The standard InChI is InChI=1S/C36H19N4O.C35H21N5O.2C2H4O2.2Pd/c1-2-9-23(10-3-1)39-31-13-6-4-11-26(31)27-18-16-25(22-34(27)39)41-24-17-19-28-29(21-24)35-33(15-8-20-37-35)40-32-14-7-5-12-30(32)38-36(28)40;1-3-10-29-24(8-1)25-16-14-23(21-32(25)39(29)33-13-5-6-18-36-33)41-22-15-17-26-27(20-22)34-31(12-7-19-37-34)40-30-11-4-2-9-28(30)38-35(26)40;2*1-2(3)4;;/h1-9,11-20H;1-21H;2*1H3,(H,3,4);;/q-3;;;;;. The molecule has 18 rings (SSSR count). The number of benzene rings is 9. The zero-order valence-corrected chi connectivity index (χ0v) is 51.9. The number of rotatable bonds is 6. The third kappa shape index (κ3) is 10.7. The molecule has 9 aromatic heterocycles. The molecule has 0 aliphatic heterocycles. The number of hydrogen-bond donors (Lipinski definition) is 2. The number of carboxylic acids is 2. The molecule has 0 spiro atoms. The first-order valence-electron chi connectivity index (χ1n) is 28.8. The van der Waals surface area contributed by atoms with Gasteiger partial charge in [0.1, 0.15) is 28.6 Å². The van der Waals surface area contributed by atoms with E-state index in [1.165, 1.54) is 5.39 Å². The van der Waals surface area contributed by atoms with E-state index in [9.17, 15) is 0 Å². The summed E-state index contributed by atoms with van der Waals surface area (Å²) in [7, 11) is 0. The molecule has 0 aliphatic carbocycles. The topological polar surface area (TPSA) is 176 Å². The van der Waals surface area contributed by atoms with Crippen molar-refractivity contribution in [2.45, 2.75) is 13.8 Å². The van der Waals surface area contributed by atoms with Crippen LogP contribution in [0.3, 0.4) is 0 Å². The van der Waals surface area contributed by atoms with E-state index >= 15 is 0 Å². The van der Waals surface area contributed by atoms with E-state index in [0.717, 1.165) is 152 Å². The molecule has 0 aliphatic rings. The summed E-state index contributed by atoms with van der Waals surface area (Å²) in [5, 5.41) is 23.3. The van der Waals surface area contributed by atoms with Crippen molar-refractivity contribution in [1.29, 1.82) is 0 Å². The van der Waals surface area contributed by atoms with Gasteiger partial charge in [-0.05, 0) is 109 Å². The number of pyridine rings is 5. The number of aromatic nitrogens is 9. The molecule has 0 saturated carbocycles. The van der Waals surface area contributed by atoms with Crippen LogP contribution in [0.2, 0.25) is 0 Å². The van der Waals surface area contributed by atoms with E-state index < -0.39 is 11.9 Å². The number of imidazole rings is 2. The van der Waals surface area contributed by atoms with E-state index in [-0.39, 0.29) is 40.8 Å². The van der Waals surface area contributed by atoms with Gasteiger partial charge in [-0.25, -0.2) is 15.0 Å². The second-order valence-electron chi connectivity index (χ2n) is 21.2. The summed E-state index contributed by atoms with van der Waals surface area (Å²) in [5.41, 5.74) is 14.7. The van der Waals surface area contributed by atoms with Gasteiger partial charge in [0.15, 0.2) is 0 Å². The van der Waals surface area contributed by atoms with Crippen LogP contribution in [-0.2, 0) is 50.4 Å². The average Bonchev–Trinajstić information content (AvgIpc) is 1.47. The van der Waals surface area contributed by atoms with Crippen LogP contribution in [-0.4, -0.2) is 65.0 Å². The molecule has 0 amide bonds. The molecule has 0 fully saturated rings. The van der Waals surface area contributed by atoms with Crippen LogP contribution in [0, 0.1) is 18.2 Å². The zero-order chi connectivity index (χ0) is 61.0. The van der Waals surface area contributed by atoms with Gasteiger partial charge >= 0.3 is 0 Å². The zero-order valence-electron chi connectivity index (χ0n) is 48.8. The minimum atomic E-state index is -0.833. The molecule has 0 saturated heterocycles. The molecule has 0 atom stereocenters. The third-order valence-electron chi connectivity index (χ3n) is 15.5. The van der Waals surface area contributed by atoms with E-state index in [4.69, 9.17) is 49.2 Å². The van der Waals surface area contributed by atoms with Gasteiger partial charge < -0.3 is 33.6 Å². The number of aliphatic carboxylic acids is 2. The normalized spacial score (nSPS) is 11.2. The van der Waals surface area contributed by atoms with Gasteiger partial charge in [-0.15, -0.1) is 35.0 Å². The van der Waals surface area contributed by atoms with E-state index in [1.54, 1.807) is 0 Å². The quantitative estimate of drug-likeness (QED) is 0.0920. The summed E-state index contributed by atoms with van der Waals surface area (Å²) in [6, 6.07) is 86.1. The Morgan fingerprint density at radius 2 is 0.913 bits per heavy atom. The minimum absolute atomic E-state index is 0. The molecule has 452 valence electrons. The number of hydrogen-bond acceptors (Lipinski definition) is 9. The summed E-state index contributed by atoms with van der Waals surface area (Å²) in [6.07, 6.45) is 5.48. The smallest absolute Gasteiger partial charge is 0.300 e. The maximum Gasteiger partial charge on any atom is 0.300 e. The van der Waals surface area contributed by atoms with Crippen molar-refractivity contribution in [3.8, 4) is 34.5 Å². The summed E-state index contributed by atoms with van der Waals surface area (Å²) in [6.45, 7) is 2.17. The van der Waals surface area contributed by atoms with Crippen molar-refractivity contribution in [3.05, 3.63) is 261 Å². The fraction of sp³-hybridized carbons (Fsp3) is 0.0267. The summed E-state index contributed by atoms with van der Waals surface area (Å²) in [5.74, 6) is 1.90. The number of ether oxygens (including phenoxy) is 2. The van der Waals surface area contributed by atoms with Gasteiger partial charge in [0.2, 0.25) is 0 Å². The molecule has 2 N–H and O–H groups in total. The Morgan fingerprint density at radius 1 is 0.413 bits per heavy atom. The largest absolute Gasteiger partial charge is 0.503 e. The first-order valence-corrected chi connectivity index (χ1v) is 28.8. The van der Waals surface area contributed by atoms with Gasteiger partial charge in [-0.1, -0.05) is 95.5 Å². The molecular weight excluding hydrogens is 1340 g/mol. The first kappa shape index (κ1) is 59.8. The molecule has 0 radical (unpaired) electrons. The van der Waals surface area contributed by atoms with Crippen molar-refractivity contribution in [2.24, 2.45) is 0 Å². The van der Waals surface area contributed by atoms with Gasteiger partial charge in [0.25, 0.3) is 11.9 Å². The molecule has 9 heterocycles. The molecule has 92 heavy (non-hydrogen) atoms. The van der Waals surface area contributed by atoms with E-state index in [2.05, 4.69) is 150 Å². The number of fused-ring (bicyclic) bond motifs is 22. The Balaban J connectivity index is 0.000000148. The van der Waals surface area contributed by atoms with Crippen LogP contribution in [0.5, 0.6) is 23.0 Å². The van der Waals surface area contributed by atoms with Gasteiger partial charge in [-0.3, -0.25) is 23.5 Å². The second kappa shape index (κ2) is 25.0. The van der Waals surface area contributed by atoms with Crippen molar-refractivity contribution < 1.29 is 70.1 Å². The van der Waals surface area contributed by atoms with Gasteiger partial charge in [0, 0.05) is 129 Å². The Morgan fingerprint density at radius 3 is 1.57 bits per heavy atom. The van der Waals surface area contributed by atoms with Crippen LogP contribution in [0.25, 0.3) is 132 Å². The predicted octanol–water partition coefficient (Wildman–Crippen LogP) is 17.1. The molecular formula is C75H48N9O6Pd2-3. The number of para-hydroxylation sites is 7. The van der Waals surface area contributed by atoms with Crippen molar-refractivity contribution >= 4 is 133 Å². The maximum atomic E-state index is 9.00. The summed E-state index contributed by atoms with van der Waals surface area (Å²) in [4.78, 5) is 42.1. The first-order chi connectivity index (χ1) is 44.1. The molecule has 0 unspecified atom stereocenters. The SMILES string of the molecule is CC(=O)O.CC(=O)O.[Pd].[Pd].[c-]1ccccc1-n1c2[c-]c(Oc3[c-]c4c(cc3)c3nc5ccccc5n3c3cccnc43)ccc2c2ccccc21.c1ccc(-n2c3ccccc3c3ccc(Oc4ccc5c(c4)c4ncccc4n4c6ccccc6nc54)cc32)nc1. The summed E-state index contributed by atoms with van der Waals surface area (Å²) >= 11 is 0. The van der Waals surface area contributed by atoms with Gasteiger partial charge in [0.05, 0.1) is 44.1 Å². The van der Waals surface area contributed by atoms with Crippen LogP contribution < -0.4 is 9.47 Å². The molecule has 15 nitrogen and oxygen atoms in total. The molecule has 9 aromatic carbocycles. The Kier molecular flexibility index (Phi) is 16.3. The minimum Gasteiger partial charge on any atom is -0.503 e. The third-order valence-corrected chi connectivity index (χ3v) is 15.5. The summed E-state index contributed by atoms with van der Waals surface area (Å²) < 4.78 is 21.7. The predicted molar refractivity (Wildman–Crippen MR) is 354 cm³/mol. The number of carboxylic acid groups (broad SMARTS) is 2. The Hall–Kier alpha value is -11.2.